The second-order valence-electron chi connectivity index (χ2n) is 5.96. The van der Waals surface area contributed by atoms with Gasteiger partial charge in [0.05, 0.1) is 5.69 Å². The van der Waals surface area contributed by atoms with Crippen molar-refractivity contribution in [2.24, 2.45) is 5.92 Å². The van der Waals surface area contributed by atoms with Crippen molar-refractivity contribution in [3.05, 3.63) is 54.4 Å². The fourth-order valence-corrected chi connectivity index (χ4v) is 4.31. The van der Waals surface area contributed by atoms with Crippen molar-refractivity contribution in [2.75, 3.05) is 17.6 Å². The highest BCUT2D eigenvalue weighted by Crippen LogP contribution is 2.55. The maximum atomic E-state index is 12.1. The van der Waals surface area contributed by atoms with Crippen LogP contribution in [0.3, 0.4) is 0 Å². The summed E-state index contributed by atoms with van der Waals surface area (Å²) >= 11 is 13.8. The van der Waals surface area contributed by atoms with E-state index in [4.69, 9.17) is 23.2 Å². The number of amides is 2. The number of hydrogen-bond acceptors (Lipinski definition) is 3. The molecule has 0 radical (unpaired) electrons. The van der Waals surface area contributed by atoms with Crippen LogP contribution < -0.4 is 10.6 Å². The zero-order valence-corrected chi connectivity index (χ0v) is 15.9. The molecular weight excluding hydrogens is 377 g/mol. The molecule has 1 aromatic heterocycles. The van der Waals surface area contributed by atoms with E-state index in [0.717, 1.165) is 34.7 Å². The zero-order valence-electron chi connectivity index (χ0n) is 13.5. The van der Waals surface area contributed by atoms with E-state index < -0.39 is 4.33 Å². The normalized spacial score (nSPS) is 17.8. The summed E-state index contributed by atoms with van der Waals surface area (Å²) in [6, 6.07) is 11.4. The van der Waals surface area contributed by atoms with Gasteiger partial charge < -0.3 is 10.6 Å². The van der Waals surface area contributed by atoms with Crippen LogP contribution in [0, 0.1) is 5.92 Å². The third kappa shape index (κ3) is 5.53. The lowest BCUT2D eigenvalue weighted by Crippen LogP contribution is -2.30. The van der Waals surface area contributed by atoms with Gasteiger partial charge in [-0.1, -0.05) is 18.2 Å². The van der Waals surface area contributed by atoms with Crippen LogP contribution in [0.1, 0.15) is 12.0 Å². The summed E-state index contributed by atoms with van der Waals surface area (Å²) in [5.74, 6) is 1.15. The lowest BCUT2D eigenvalue weighted by molar-refractivity contribution is 0.252. The van der Waals surface area contributed by atoms with Crippen LogP contribution in [0.4, 0.5) is 10.5 Å². The molecular formula is C18H19Cl2N3OS. The maximum absolute atomic E-state index is 12.1. The average molecular weight is 396 g/mol. The first-order valence-electron chi connectivity index (χ1n) is 8.08. The molecule has 1 aliphatic carbocycles. The lowest BCUT2D eigenvalue weighted by atomic mass is 10.2. The van der Waals surface area contributed by atoms with Gasteiger partial charge >= 0.3 is 6.03 Å². The second-order valence-corrected chi connectivity index (χ2v) is 8.57. The Morgan fingerprint density at radius 2 is 2.08 bits per heavy atom. The Hall–Kier alpha value is -1.43. The molecule has 0 saturated heterocycles. The van der Waals surface area contributed by atoms with E-state index in [1.54, 1.807) is 24.2 Å². The smallest absolute Gasteiger partial charge is 0.319 e. The van der Waals surface area contributed by atoms with Crippen molar-refractivity contribution in [3.8, 4) is 0 Å². The molecule has 2 amide bonds. The molecule has 2 aromatic rings. The van der Waals surface area contributed by atoms with Gasteiger partial charge in [-0.15, -0.1) is 35.0 Å². The Labute approximate surface area is 161 Å². The molecule has 0 aliphatic heterocycles. The molecule has 3 rings (SSSR count). The predicted molar refractivity (Wildman–Crippen MR) is 105 cm³/mol. The number of thioether (sulfide) groups is 1. The number of hydrogen-bond donors (Lipinski definition) is 2. The minimum Gasteiger partial charge on any atom is -0.338 e. The molecule has 1 saturated carbocycles. The monoisotopic (exact) mass is 395 g/mol. The maximum Gasteiger partial charge on any atom is 0.319 e. The van der Waals surface area contributed by atoms with Gasteiger partial charge in [0, 0.05) is 35.5 Å². The molecule has 4 nitrogen and oxygen atoms in total. The summed E-state index contributed by atoms with van der Waals surface area (Å²) in [6.07, 6.45) is 5.11. The van der Waals surface area contributed by atoms with Crippen LogP contribution >= 0.6 is 35.0 Å². The van der Waals surface area contributed by atoms with Crippen LogP contribution in [0.25, 0.3) is 0 Å². The van der Waals surface area contributed by atoms with E-state index in [0.29, 0.717) is 12.5 Å². The van der Waals surface area contributed by atoms with Gasteiger partial charge in [-0.05, 0) is 36.6 Å². The summed E-state index contributed by atoms with van der Waals surface area (Å²) in [7, 11) is 0. The topological polar surface area (TPSA) is 54.0 Å². The number of rotatable bonds is 7. The van der Waals surface area contributed by atoms with Crippen LogP contribution in [0.2, 0.25) is 0 Å². The number of halogens is 2. The number of carbonyl (C=O) groups excluding carboxylic acids is 1. The summed E-state index contributed by atoms with van der Waals surface area (Å²) in [6.45, 7) is 0.552. The summed E-state index contributed by atoms with van der Waals surface area (Å²) in [5, 5.41) is 5.78. The van der Waals surface area contributed by atoms with Crippen LogP contribution in [0.5, 0.6) is 0 Å². The number of pyridine rings is 1. The Kier molecular flexibility index (Phi) is 6.10. The van der Waals surface area contributed by atoms with Crippen LogP contribution in [0.15, 0.2) is 53.7 Å². The van der Waals surface area contributed by atoms with E-state index >= 15 is 0 Å². The van der Waals surface area contributed by atoms with E-state index in [1.165, 1.54) is 0 Å². The minimum absolute atomic E-state index is 0.215. The highest BCUT2D eigenvalue weighted by Gasteiger charge is 2.51. The van der Waals surface area contributed by atoms with Gasteiger partial charge in [-0.3, -0.25) is 4.98 Å². The number of carbonyl (C=O) groups is 1. The lowest BCUT2D eigenvalue weighted by Gasteiger charge is -2.12. The number of urea groups is 1. The van der Waals surface area contributed by atoms with E-state index in [-0.39, 0.29) is 6.03 Å². The zero-order chi connectivity index (χ0) is 17.7. The van der Waals surface area contributed by atoms with Gasteiger partial charge in [0.2, 0.25) is 0 Å². The fourth-order valence-electron chi connectivity index (χ4n) is 2.37. The predicted octanol–water partition coefficient (Wildman–Crippen LogP) is 4.73. The molecule has 0 spiro atoms. The Morgan fingerprint density at radius 3 is 2.80 bits per heavy atom. The molecule has 1 heterocycles. The number of para-hydroxylation sites is 1. The quantitative estimate of drug-likeness (QED) is 0.526. The first-order chi connectivity index (χ1) is 12.0. The van der Waals surface area contributed by atoms with E-state index in [9.17, 15) is 4.79 Å². The van der Waals surface area contributed by atoms with Crippen molar-refractivity contribution < 1.29 is 4.79 Å². The van der Waals surface area contributed by atoms with Gasteiger partial charge in [0.1, 0.15) is 4.33 Å². The van der Waals surface area contributed by atoms with Gasteiger partial charge in [-0.25, -0.2) is 4.79 Å². The first kappa shape index (κ1) is 18.4. The number of anilines is 1. The molecule has 25 heavy (non-hydrogen) atoms. The van der Waals surface area contributed by atoms with Crippen molar-refractivity contribution in [1.29, 1.82) is 0 Å². The molecule has 132 valence electrons. The highest BCUT2D eigenvalue weighted by atomic mass is 35.5. The van der Waals surface area contributed by atoms with Crippen LogP contribution in [-0.4, -0.2) is 27.6 Å². The molecule has 1 fully saturated rings. The molecule has 1 unspecified atom stereocenters. The Balaban J connectivity index is 1.47. The third-order valence-electron chi connectivity index (χ3n) is 3.95. The Bertz CT molecular complexity index is 727. The van der Waals surface area contributed by atoms with Crippen molar-refractivity contribution >= 4 is 46.7 Å². The number of benzene rings is 1. The SMILES string of the molecule is O=C(NCCc1cccnc1)Nc1ccccc1SCC1CC1(Cl)Cl. The minimum atomic E-state index is -0.570. The van der Waals surface area contributed by atoms with Crippen molar-refractivity contribution in [2.45, 2.75) is 22.1 Å². The summed E-state index contributed by atoms with van der Waals surface area (Å²) in [5.41, 5.74) is 1.88. The number of nitrogens with one attached hydrogen (secondary N) is 2. The van der Waals surface area contributed by atoms with Crippen molar-refractivity contribution in [3.63, 3.8) is 0 Å². The van der Waals surface area contributed by atoms with Gasteiger partial charge in [0.15, 0.2) is 0 Å². The fraction of sp³-hybridized carbons (Fsp3) is 0.333. The van der Waals surface area contributed by atoms with Crippen LogP contribution in [-0.2, 0) is 6.42 Å². The first-order valence-corrected chi connectivity index (χ1v) is 9.82. The molecule has 1 aromatic carbocycles. The molecule has 0 bridgehead atoms. The van der Waals surface area contributed by atoms with Gasteiger partial charge in [-0.2, -0.15) is 0 Å². The van der Waals surface area contributed by atoms with E-state index in [2.05, 4.69) is 15.6 Å². The summed E-state index contributed by atoms with van der Waals surface area (Å²) < 4.78 is -0.570. The molecule has 7 heteroatoms. The molecule has 1 aliphatic rings. The molecule has 2 N–H and O–H groups in total. The third-order valence-corrected chi connectivity index (χ3v) is 6.11. The number of nitrogens with zero attached hydrogens (tertiary/aromatic N) is 1. The number of aromatic nitrogens is 1. The highest BCUT2D eigenvalue weighted by molar-refractivity contribution is 7.99. The second kappa shape index (κ2) is 8.30. The Morgan fingerprint density at radius 1 is 1.28 bits per heavy atom. The number of alkyl halides is 2. The van der Waals surface area contributed by atoms with E-state index in [1.807, 2.05) is 36.4 Å². The molecule has 1 atom stereocenters. The van der Waals surface area contributed by atoms with Crippen molar-refractivity contribution in [1.82, 2.24) is 10.3 Å². The largest absolute Gasteiger partial charge is 0.338 e. The van der Waals surface area contributed by atoms with Gasteiger partial charge in [0.25, 0.3) is 0 Å². The summed E-state index contributed by atoms with van der Waals surface area (Å²) in [4.78, 5) is 17.2. The average Bonchev–Trinajstić information content (AvgIpc) is 3.22. The standard InChI is InChI=1S/C18H19Cl2N3OS/c19-18(20)10-14(18)12-25-16-6-2-1-5-15(16)23-17(24)22-9-7-13-4-3-8-21-11-13/h1-6,8,11,14H,7,9-10,12H2,(H2,22,23,24).